The predicted octanol–water partition coefficient (Wildman–Crippen LogP) is 3.23. The smallest absolute Gasteiger partial charge is 0.251 e. The SMILES string of the molecule is Cc1nc([C@@H]2C[C@H](NC(=O)c3ccccc3)CN2Cc2ccc(C)s2)n[nH]1. The minimum atomic E-state index is -0.0284. The van der Waals surface area contributed by atoms with Gasteiger partial charge in [0.05, 0.1) is 6.04 Å². The number of amides is 1. The Balaban J connectivity index is 1.50. The van der Waals surface area contributed by atoms with Gasteiger partial charge in [-0.15, -0.1) is 11.3 Å². The van der Waals surface area contributed by atoms with Gasteiger partial charge in [-0.1, -0.05) is 18.2 Å². The number of hydrogen-bond donors (Lipinski definition) is 2. The summed E-state index contributed by atoms with van der Waals surface area (Å²) in [5.41, 5.74) is 0.690. The van der Waals surface area contributed by atoms with Crippen molar-refractivity contribution in [3.8, 4) is 0 Å². The standard InChI is InChI=1S/C20H23N5OS/c1-13-8-9-17(27-13)12-25-11-16(10-18(25)19-21-14(2)23-24-19)22-20(26)15-6-4-3-5-7-15/h3-9,16,18H,10-12H2,1-2H3,(H,22,26)(H,21,23,24)/t16-,18-/m0/s1. The summed E-state index contributed by atoms with van der Waals surface area (Å²) >= 11 is 1.81. The van der Waals surface area contributed by atoms with Gasteiger partial charge in [0, 0.05) is 34.4 Å². The summed E-state index contributed by atoms with van der Waals surface area (Å²) in [6.07, 6.45) is 0.806. The van der Waals surface area contributed by atoms with Crippen LogP contribution in [0.25, 0.3) is 0 Å². The van der Waals surface area contributed by atoms with Gasteiger partial charge in [-0.25, -0.2) is 4.98 Å². The molecule has 0 saturated carbocycles. The Morgan fingerprint density at radius 2 is 2.07 bits per heavy atom. The molecule has 0 unspecified atom stereocenters. The molecule has 2 aromatic heterocycles. The lowest BCUT2D eigenvalue weighted by Gasteiger charge is -2.21. The maximum Gasteiger partial charge on any atom is 0.251 e. The van der Waals surface area contributed by atoms with Crippen LogP contribution in [0.4, 0.5) is 0 Å². The highest BCUT2D eigenvalue weighted by Crippen LogP contribution is 2.33. The van der Waals surface area contributed by atoms with Gasteiger partial charge in [-0.3, -0.25) is 14.8 Å². The van der Waals surface area contributed by atoms with Gasteiger partial charge in [0.15, 0.2) is 5.82 Å². The van der Waals surface area contributed by atoms with Gasteiger partial charge in [-0.05, 0) is 44.5 Å². The molecule has 2 N–H and O–H groups in total. The van der Waals surface area contributed by atoms with Crippen molar-refractivity contribution in [1.29, 1.82) is 0 Å². The summed E-state index contributed by atoms with van der Waals surface area (Å²) in [7, 11) is 0. The molecule has 4 rings (SSSR count). The van der Waals surface area contributed by atoms with Crippen molar-refractivity contribution in [2.24, 2.45) is 0 Å². The second-order valence-electron chi connectivity index (χ2n) is 7.01. The first kappa shape index (κ1) is 17.9. The predicted molar refractivity (Wildman–Crippen MR) is 106 cm³/mol. The molecule has 1 saturated heterocycles. The number of aromatic nitrogens is 3. The molecule has 1 amide bonds. The molecular weight excluding hydrogens is 358 g/mol. The second kappa shape index (κ2) is 7.62. The zero-order valence-corrected chi connectivity index (χ0v) is 16.3. The van der Waals surface area contributed by atoms with Crippen LogP contribution in [0.15, 0.2) is 42.5 Å². The molecule has 27 heavy (non-hydrogen) atoms. The molecular formula is C20H23N5OS. The van der Waals surface area contributed by atoms with Gasteiger partial charge in [-0.2, -0.15) is 5.10 Å². The maximum atomic E-state index is 12.6. The molecule has 1 aromatic carbocycles. The van der Waals surface area contributed by atoms with Gasteiger partial charge >= 0.3 is 0 Å². The highest BCUT2D eigenvalue weighted by molar-refractivity contribution is 7.11. The van der Waals surface area contributed by atoms with Crippen LogP contribution in [-0.4, -0.2) is 38.6 Å². The Hall–Kier alpha value is -2.51. The zero-order valence-electron chi connectivity index (χ0n) is 15.5. The third-order valence-electron chi connectivity index (χ3n) is 4.84. The number of likely N-dealkylation sites (tertiary alicyclic amines) is 1. The van der Waals surface area contributed by atoms with E-state index < -0.39 is 0 Å². The Morgan fingerprint density at radius 3 is 2.74 bits per heavy atom. The van der Waals surface area contributed by atoms with Gasteiger partial charge in [0.2, 0.25) is 0 Å². The molecule has 3 aromatic rings. The minimum Gasteiger partial charge on any atom is -0.348 e. The summed E-state index contributed by atoms with van der Waals surface area (Å²) in [6.45, 7) is 5.66. The second-order valence-corrected chi connectivity index (χ2v) is 8.38. The van der Waals surface area contributed by atoms with Crippen LogP contribution < -0.4 is 5.32 Å². The molecule has 0 radical (unpaired) electrons. The monoisotopic (exact) mass is 381 g/mol. The third kappa shape index (κ3) is 4.09. The number of carbonyl (C=O) groups excluding carboxylic acids is 1. The highest BCUT2D eigenvalue weighted by atomic mass is 32.1. The largest absolute Gasteiger partial charge is 0.348 e. The van der Waals surface area contributed by atoms with Crippen LogP contribution in [0.5, 0.6) is 0 Å². The first-order valence-corrected chi connectivity index (χ1v) is 9.94. The number of H-pyrrole nitrogens is 1. The van der Waals surface area contributed by atoms with E-state index >= 15 is 0 Å². The summed E-state index contributed by atoms with van der Waals surface area (Å²) in [4.78, 5) is 22.1. The molecule has 1 aliphatic heterocycles. The normalized spacial score (nSPS) is 20.1. The van der Waals surface area contributed by atoms with Crippen LogP contribution in [0.3, 0.4) is 0 Å². The van der Waals surface area contributed by atoms with Gasteiger partial charge in [0.25, 0.3) is 5.91 Å². The lowest BCUT2D eigenvalue weighted by atomic mass is 10.1. The summed E-state index contributed by atoms with van der Waals surface area (Å²) in [6, 6.07) is 13.9. The average Bonchev–Trinajstić information content (AvgIpc) is 3.37. The van der Waals surface area contributed by atoms with Crippen LogP contribution in [-0.2, 0) is 6.54 Å². The van der Waals surface area contributed by atoms with E-state index in [9.17, 15) is 4.79 Å². The van der Waals surface area contributed by atoms with Gasteiger partial charge in [0.1, 0.15) is 5.82 Å². The van der Waals surface area contributed by atoms with E-state index in [2.05, 4.69) is 44.5 Å². The molecule has 7 heteroatoms. The van der Waals surface area contributed by atoms with Gasteiger partial charge < -0.3 is 5.32 Å². The van der Waals surface area contributed by atoms with Crippen molar-refractivity contribution in [2.75, 3.05) is 6.54 Å². The molecule has 0 aliphatic carbocycles. The summed E-state index contributed by atoms with van der Waals surface area (Å²) < 4.78 is 0. The lowest BCUT2D eigenvalue weighted by molar-refractivity contribution is 0.0937. The van der Waals surface area contributed by atoms with E-state index in [1.807, 2.05) is 48.6 Å². The van der Waals surface area contributed by atoms with Crippen molar-refractivity contribution in [3.63, 3.8) is 0 Å². The van der Waals surface area contributed by atoms with Crippen LogP contribution in [0.1, 0.15) is 44.2 Å². The fraction of sp³-hybridized carbons (Fsp3) is 0.350. The van der Waals surface area contributed by atoms with Crippen molar-refractivity contribution in [3.05, 3.63) is 69.4 Å². The fourth-order valence-corrected chi connectivity index (χ4v) is 4.51. The van der Waals surface area contributed by atoms with E-state index in [4.69, 9.17) is 0 Å². The first-order chi connectivity index (χ1) is 13.1. The molecule has 0 bridgehead atoms. The molecule has 1 aliphatic rings. The number of nitrogens with zero attached hydrogens (tertiary/aromatic N) is 3. The Labute approximate surface area is 162 Å². The topological polar surface area (TPSA) is 73.9 Å². The average molecular weight is 382 g/mol. The van der Waals surface area contributed by atoms with Crippen LogP contribution in [0.2, 0.25) is 0 Å². The number of hydrogen-bond acceptors (Lipinski definition) is 5. The quantitative estimate of drug-likeness (QED) is 0.712. The molecule has 1 fully saturated rings. The maximum absolute atomic E-state index is 12.6. The van der Waals surface area contributed by atoms with Crippen molar-refractivity contribution in [1.82, 2.24) is 25.4 Å². The van der Waals surface area contributed by atoms with E-state index in [0.29, 0.717) is 5.56 Å². The molecule has 0 spiro atoms. The molecule has 6 nitrogen and oxygen atoms in total. The minimum absolute atomic E-state index is 0.0284. The number of nitrogens with one attached hydrogen (secondary N) is 2. The lowest BCUT2D eigenvalue weighted by Crippen LogP contribution is -2.36. The van der Waals surface area contributed by atoms with E-state index in [0.717, 1.165) is 31.2 Å². The highest BCUT2D eigenvalue weighted by Gasteiger charge is 2.36. The third-order valence-corrected chi connectivity index (χ3v) is 5.83. The Morgan fingerprint density at radius 1 is 1.26 bits per heavy atom. The molecule has 3 heterocycles. The Kier molecular flexibility index (Phi) is 5.05. The fourth-order valence-electron chi connectivity index (χ4n) is 3.59. The van der Waals surface area contributed by atoms with Crippen LogP contribution >= 0.6 is 11.3 Å². The number of aromatic amines is 1. The number of benzene rings is 1. The summed E-state index contributed by atoms with van der Waals surface area (Å²) in [5.74, 6) is 1.59. The van der Waals surface area contributed by atoms with Crippen molar-refractivity contribution in [2.45, 2.75) is 38.9 Å². The Bertz CT molecular complexity index is 919. The zero-order chi connectivity index (χ0) is 18.8. The summed E-state index contributed by atoms with van der Waals surface area (Å²) in [5, 5.41) is 10.5. The van der Waals surface area contributed by atoms with E-state index in [-0.39, 0.29) is 18.0 Å². The number of thiophene rings is 1. The van der Waals surface area contributed by atoms with E-state index in [1.54, 1.807) is 0 Å². The number of rotatable bonds is 5. The van der Waals surface area contributed by atoms with Crippen LogP contribution in [0, 0.1) is 13.8 Å². The molecule has 140 valence electrons. The number of carbonyl (C=O) groups is 1. The first-order valence-electron chi connectivity index (χ1n) is 9.12. The number of aryl methyl sites for hydroxylation is 2. The van der Waals surface area contributed by atoms with E-state index in [1.165, 1.54) is 9.75 Å². The van der Waals surface area contributed by atoms with Crippen molar-refractivity contribution < 1.29 is 4.79 Å². The van der Waals surface area contributed by atoms with Crippen molar-refractivity contribution >= 4 is 17.2 Å². The molecule has 2 atom stereocenters.